The fraction of sp³-hybridized carbons (Fsp3) is 0.412. The van der Waals surface area contributed by atoms with Crippen LogP contribution in [0.5, 0.6) is 0 Å². The molecule has 2 aromatic heterocycles. The maximum Gasteiger partial charge on any atom is 0.154 e. The molecule has 0 saturated carbocycles. The number of nitrogens with one attached hydrogen (secondary N) is 1. The highest BCUT2D eigenvalue weighted by Crippen LogP contribution is 2.32. The summed E-state index contributed by atoms with van der Waals surface area (Å²) in [5.74, 6) is 0.872. The Balaban J connectivity index is 1.85. The minimum absolute atomic E-state index is 0.0121. The van der Waals surface area contributed by atoms with Crippen molar-refractivity contribution in [2.45, 2.75) is 19.8 Å². The normalized spacial score (nSPS) is 16.4. The van der Waals surface area contributed by atoms with Gasteiger partial charge in [-0.1, -0.05) is 30.1 Å². The zero-order valence-electron chi connectivity index (χ0n) is 15.0. The number of nitrogen functional groups attached to an aromatic ring is 2. The van der Waals surface area contributed by atoms with Crippen LogP contribution in [0, 0.1) is 10.8 Å². The molecule has 1 fully saturated rings. The molecule has 0 atom stereocenters. The molecule has 1 saturated heterocycles. The number of aromatic nitrogens is 3. The second-order valence-corrected chi connectivity index (χ2v) is 7.80. The van der Waals surface area contributed by atoms with Crippen LogP contribution in [0.1, 0.15) is 31.0 Å². The van der Waals surface area contributed by atoms with Crippen LogP contribution in [0.15, 0.2) is 12.3 Å². The number of nitrogens with two attached hydrogens (primary N) is 3. The number of hydrogen-bond acceptors (Lipinski definition) is 8. The lowest BCUT2D eigenvalue weighted by molar-refractivity contribution is 0.258. The van der Waals surface area contributed by atoms with E-state index in [2.05, 4.69) is 26.8 Å². The van der Waals surface area contributed by atoms with Crippen LogP contribution in [0.25, 0.3) is 0 Å². The van der Waals surface area contributed by atoms with Gasteiger partial charge in [0.2, 0.25) is 0 Å². The van der Waals surface area contributed by atoms with Gasteiger partial charge in [-0.05, 0) is 30.9 Å². The number of halogens is 2. The van der Waals surface area contributed by atoms with Crippen molar-refractivity contribution in [1.82, 2.24) is 15.0 Å². The Kier molecular flexibility index (Phi) is 5.41. The molecule has 1 aliphatic heterocycles. The smallest absolute Gasteiger partial charge is 0.154 e. The monoisotopic (exact) mass is 408 g/mol. The van der Waals surface area contributed by atoms with E-state index in [1.54, 1.807) is 6.20 Å². The number of piperidine rings is 1. The lowest BCUT2D eigenvalue weighted by Gasteiger charge is -2.39. The molecule has 2 aromatic rings. The lowest BCUT2D eigenvalue weighted by Crippen LogP contribution is -2.42. The summed E-state index contributed by atoms with van der Waals surface area (Å²) in [6.07, 6.45) is 3.57. The van der Waals surface area contributed by atoms with Crippen LogP contribution < -0.4 is 22.1 Å². The molecule has 0 radical (unpaired) electrons. The number of hydrogen-bond donors (Lipinski definition) is 4. The highest BCUT2D eigenvalue weighted by atomic mass is 35.5. The largest absolute Gasteiger partial charge is 0.382 e. The van der Waals surface area contributed by atoms with Crippen molar-refractivity contribution >= 4 is 46.4 Å². The average molecular weight is 409 g/mol. The van der Waals surface area contributed by atoms with Crippen molar-refractivity contribution in [2.24, 2.45) is 11.1 Å². The Morgan fingerprint density at radius 2 is 1.89 bits per heavy atom. The zero-order valence-corrected chi connectivity index (χ0v) is 16.5. The van der Waals surface area contributed by atoms with E-state index in [9.17, 15) is 0 Å². The van der Waals surface area contributed by atoms with Gasteiger partial charge < -0.3 is 22.1 Å². The van der Waals surface area contributed by atoms with Crippen molar-refractivity contribution in [3.05, 3.63) is 33.7 Å². The third-order valence-electron chi connectivity index (χ3n) is 5.03. The fourth-order valence-corrected chi connectivity index (χ4v) is 3.44. The van der Waals surface area contributed by atoms with Gasteiger partial charge in [-0.2, -0.15) is 0 Å². The minimum Gasteiger partial charge on any atom is -0.382 e. The average Bonchev–Trinajstić information content (AvgIpc) is 2.64. The predicted octanol–water partition coefficient (Wildman–Crippen LogP) is 2.32. The topological polar surface area (TPSA) is 144 Å². The molecule has 144 valence electrons. The van der Waals surface area contributed by atoms with Gasteiger partial charge in [0.15, 0.2) is 5.82 Å². The third-order valence-corrected chi connectivity index (χ3v) is 5.62. The van der Waals surface area contributed by atoms with Crippen LogP contribution in [-0.4, -0.2) is 40.3 Å². The molecule has 27 heavy (non-hydrogen) atoms. The summed E-state index contributed by atoms with van der Waals surface area (Å²) in [4.78, 5) is 14.8. The van der Waals surface area contributed by atoms with E-state index >= 15 is 0 Å². The van der Waals surface area contributed by atoms with Crippen LogP contribution in [0.3, 0.4) is 0 Å². The molecule has 10 heteroatoms. The summed E-state index contributed by atoms with van der Waals surface area (Å²) in [5.41, 5.74) is 18.3. The van der Waals surface area contributed by atoms with E-state index < -0.39 is 0 Å². The molecular weight excluding hydrogens is 387 g/mol. The molecule has 1 aliphatic rings. The first-order chi connectivity index (χ1) is 12.7. The van der Waals surface area contributed by atoms with Crippen molar-refractivity contribution in [3.8, 4) is 0 Å². The Bertz CT molecular complexity index is 877. The Morgan fingerprint density at radius 1 is 1.22 bits per heavy atom. The molecule has 3 rings (SSSR count). The Morgan fingerprint density at radius 3 is 2.48 bits per heavy atom. The zero-order chi connectivity index (χ0) is 19.8. The number of pyridine rings is 1. The summed E-state index contributed by atoms with van der Waals surface area (Å²) >= 11 is 12.1. The summed E-state index contributed by atoms with van der Waals surface area (Å²) in [6.45, 7) is 4.54. The van der Waals surface area contributed by atoms with Crippen molar-refractivity contribution < 1.29 is 0 Å². The van der Waals surface area contributed by atoms with E-state index in [-0.39, 0.29) is 38.6 Å². The number of rotatable bonds is 4. The molecule has 0 bridgehead atoms. The molecule has 0 spiro atoms. The highest BCUT2D eigenvalue weighted by Gasteiger charge is 2.29. The quantitative estimate of drug-likeness (QED) is 0.448. The molecular formula is C17H22Cl2N8. The fourth-order valence-electron chi connectivity index (χ4n) is 3.04. The third kappa shape index (κ3) is 3.92. The Hall–Kier alpha value is -2.16. The van der Waals surface area contributed by atoms with E-state index in [0.29, 0.717) is 17.9 Å². The first-order valence-electron chi connectivity index (χ1n) is 8.52. The predicted molar refractivity (Wildman–Crippen MR) is 110 cm³/mol. The van der Waals surface area contributed by atoms with Gasteiger partial charge >= 0.3 is 0 Å². The second-order valence-electron chi connectivity index (χ2n) is 7.03. The van der Waals surface area contributed by atoms with E-state index in [0.717, 1.165) is 25.9 Å². The van der Waals surface area contributed by atoms with Gasteiger partial charge in [0.25, 0.3) is 0 Å². The first kappa shape index (κ1) is 19.6. The van der Waals surface area contributed by atoms with Crippen LogP contribution in [0.4, 0.5) is 17.5 Å². The molecule has 3 heterocycles. The van der Waals surface area contributed by atoms with Crippen molar-refractivity contribution in [3.63, 3.8) is 0 Å². The van der Waals surface area contributed by atoms with Crippen LogP contribution >= 0.6 is 23.2 Å². The molecule has 0 unspecified atom stereocenters. The van der Waals surface area contributed by atoms with E-state index in [1.165, 1.54) is 6.07 Å². The van der Waals surface area contributed by atoms with E-state index in [1.807, 2.05) is 0 Å². The molecule has 0 amide bonds. The standard InChI is InChI=1S/C17H22Cl2N8/c1-17(8-20)2-4-27(5-3-17)11-7-24-14(16(23)26-11)13(21)9-6-10(18)25-15(22)12(9)19/h6-7,21H,2-5,8,20H2,1H3,(H2,22,25)(H2,23,26). The van der Waals surface area contributed by atoms with Crippen LogP contribution in [-0.2, 0) is 0 Å². The van der Waals surface area contributed by atoms with E-state index in [4.69, 9.17) is 45.8 Å². The SMILES string of the molecule is CC1(CN)CCN(c2cnc(C(=N)c3cc(Cl)nc(N)c3Cl)c(N)n2)CC1. The maximum absolute atomic E-state index is 8.40. The first-order valence-corrected chi connectivity index (χ1v) is 9.28. The van der Waals surface area contributed by atoms with Gasteiger partial charge in [0, 0.05) is 18.7 Å². The number of nitrogens with zero attached hydrogens (tertiary/aromatic N) is 4. The van der Waals surface area contributed by atoms with Gasteiger partial charge in [0.05, 0.1) is 16.9 Å². The minimum atomic E-state index is -0.0121. The summed E-state index contributed by atoms with van der Waals surface area (Å²) < 4.78 is 0. The summed E-state index contributed by atoms with van der Waals surface area (Å²) in [7, 11) is 0. The molecule has 8 nitrogen and oxygen atoms in total. The lowest BCUT2D eigenvalue weighted by atomic mass is 9.80. The van der Waals surface area contributed by atoms with Gasteiger partial charge in [-0.3, -0.25) is 5.41 Å². The van der Waals surface area contributed by atoms with Gasteiger partial charge in [0.1, 0.15) is 22.5 Å². The summed E-state index contributed by atoms with van der Waals surface area (Å²) in [6, 6.07) is 1.45. The van der Waals surface area contributed by atoms with Crippen LogP contribution in [0.2, 0.25) is 10.2 Å². The summed E-state index contributed by atoms with van der Waals surface area (Å²) in [5, 5.41) is 8.67. The Labute approximate surface area is 167 Å². The molecule has 7 N–H and O–H groups in total. The van der Waals surface area contributed by atoms with Crippen molar-refractivity contribution in [1.29, 1.82) is 5.41 Å². The second kappa shape index (κ2) is 7.46. The van der Waals surface area contributed by atoms with Gasteiger partial charge in [-0.15, -0.1) is 0 Å². The molecule has 0 aromatic carbocycles. The molecule has 0 aliphatic carbocycles. The van der Waals surface area contributed by atoms with Crippen molar-refractivity contribution in [2.75, 3.05) is 36.0 Å². The highest BCUT2D eigenvalue weighted by molar-refractivity contribution is 6.38. The van der Waals surface area contributed by atoms with Gasteiger partial charge in [-0.25, -0.2) is 15.0 Å². The maximum atomic E-state index is 8.40. The number of anilines is 3.